The maximum atomic E-state index is 13.7. The molecule has 0 radical (unpaired) electrons. The first-order chi connectivity index (χ1) is 19.9. The van der Waals surface area contributed by atoms with Gasteiger partial charge in [-0.25, -0.2) is 4.79 Å². The van der Waals surface area contributed by atoms with Gasteiger partial charge in [-0.05, 0) is 60.4 Å². The summed E-state index contributed by atoms with van der Waals surface area (Å²) in [6.45, 7) is 1.95. The predicted octanol–water partition coefficient (Wildman–Crippen LogP) is 3.98. The molecule has 0 bridgehead atoms. The zero-order chi connectivity index (χ0) is 28.8. The molecule has 5 aromatic rings. The zero-order valence-electron chi connectivity index (χ0n) is 22.6. The number of hydrogen-bond donors (Lipinski definition) is 2. The third-order valence-corrected chi connectivity index (χ3v) is 6.90. The minimum Gasteiger partial charge on any atom is -0.467 e. The third kappa shape index (κ3) is 6.19. The highest BCUT2D eigenvalue weighted by Gasteiger charge is 2.19. The summed E-state index contributed by atoms with van der Waals surface area (Å²) in [5.74, 6) is -0.357. The number of amides is 2. The quantitative estimate of drug-likeness (QED) is 0.273. The van der Waals surface area contributed by atoms with Crippen LogP contribution < -0.4 is 21.9 Å². The number of rotatable bonds is 10. The summed E-state index contributed by atoms with van der Waals surface area (Å²) in [5, 5.41) is 5.97. The van der Waals surface area contributed by atoms with E-state index in [-0.39, 0.29) is 35.5 Å². The molecule has 2 aromatic heterocycles. The van der Waals surface area contributed by atoms with E-state index < -0.39 is 17.2 Å². The van der Waals surface area contributed by atoms with Crippen LogP contribution in [0.15, 0.2) is 105 Å². The summed E-state index contributed by atoms with van der Waals surface area (Å²) >= 11 is 0. The molecule has 0 aliphatic carbocycles. The van der Waals surface area contributed by atoms with Crippen molar-refractivity contribution in [1.29, 1.82) is 0 Å². The first-order valence-electron chi connectivity index (χ1n) is 13.4. The number of carbonyl (C=O) groups excluding carboxylic acids is 2. The molecule has 2 amide bonds. The Kier molecular flexibility index (Phi) is 8.24. The maximum absolute atomic E-state index is 13.7. The fraction of sp³-hybridized carbons (Fsp3) is 0.188. The van der Waals surface area contributed by atoms with Gasteiger partial charge in [0.2, 0.25) is 5.91 Å². The van der Waals surface area contributed by atoms with Crippen LogP contribution in [0.5, 0.6) is 0 Å². The van der Waals surface area contributed by atoms with E-state index in [9.17, 15) is 19.2 Å². The number of carbonyl (C=O) groups is 2. The molecule has 3 aromatic carbocycles. The van der Waals surface area contributed by atoms with Gasteiger partial charge in [0.15, 0.2) is 0 Å². The van der Waals surface area contributed by atoms with Crippen LogP contribution in [0.3, 0.4) is 0 Å². The van der Waals surface area contributed by atoms with Crippen LogP contribution >= 0.6 is 0 Å². The lowest BCUT2D eigenvalue weighted by Crippen LogP contribution is -2.42. The molecule has 0 aliphatic rings. The highest BCUT2D eigenvalue weighted by molar-refractivity contribution is 5.98. The molecule has 2 heterocycles. The number of nitrogens with zero attached hydrogens (tertiary/aromatic N) is 2. The average molecular weight is 551 g/mol. The summed E-state index contributed by atoms with van der Waals surface area (Å²) < 4.78 is 7.63. The van der Waals surface area contributed by atoms with Crippen molar-refractivity contribution in [1.82, 2.24) is 14.5 Å². The van der Waals surface area contributed by atoms with Crippen molar-refractivity contribution in [2.24, 2.45) is 0 Å². The van der Waals surface area contributed by atoms with Crippen molar-refractivity contribution in [2.75, 3.05) is 11.9 Å². The molecule has 0 fully saturated rings. The van der Waals surface area contributed by atoms with Crippen LogP contribution in [-0.4, -0.2) is 27.5 Å². The predicted molar refractivity (Wildman–Crippen MR) is 157 cm³/mol. The SMILES string of the molecule is CCc1ccccc1NC(=O)Cn1c(=O)n(Cc2ccco2)c(=O)c2ccc(C(=O)NCCc3ccccc3)cc21. The van der Waals surface area contributed by atoms with Gasteiger partial charge in [0, 0.05) is 17.8 Å². The Labute approximate surface area is 236 Å². The molecule has 0 unspecified atom stereocenters. The van der Waals surface area contributed by atoms with Gasteiger partial charge in [-0.15, -0.1) is 0 Å². The van der Waals surface area contributed by atoms with Crippen molar-refractivity contribution < 1.29 is 14.0 Å². The lowest BCUT2D eigenvalue weighted by molar-refractivity contribution is -0.116. The van der Waals surface area contributed by atoms with Crippen molar-refractivity contribution in [3.8, 4) is 0 Å². The standard InChI is InChI=1S/C32H30N4O5/c1-2-23-11-6-7-13-27(23)34-29(37)21-35-28-19-24(30(38)33-17-16-22-9-4-3-5-10-22)14-15-26(28)31(39)36(32(35)40)20-25-12-8-18-41-25/h3-15,18-19H,2,16-17,20-21H2,1H3,(H,33,38)(H,34,37). The summed E-state index contributed by atoms with van der Waals surface area (Å²) in [6.07, 6.45) is 2.83. The van der Waals surface area contributed by atoms with Crippen LogP contribution in [-0.2, 0) is 30.7 Å². The van der Waals surface area contributed by atoms with Gasteiger partial charge in [-0.2, -0.15) is 0 Å². The lowest BCUT2D eigenvalue weighted by atomic mass is 10.1. The van der Waals surface area contributed by atoms with Crippen molar-refractivity contribution >= 4 is 28.4 Å². The van der Waals surface area contributed by atoms with Crippen LogP contribution in [0.4, 0.5) is 5.69 Å². The number of aryl methyl sites for hydroxylation is 1. The number of anilines is 1. The number of aromatic nitrogens is 2. The van der Waals surface area contributed by atoms with Gasteiger partial charge >= 0.3 is 5.69 Å². The van der Waals surface area contributed by atoms with Gasteiger partial charge in [0.1, 0.15) is 12.3 Å². The fourth-order valence-electron chi connectivity index (χ4n) is 4.76. The zero-order valence-corrected chi connectivity index (χ0v) is 22.6. The second-order valence-corrected chi connectivity index (χ2v) is 9.62. The summed E-state index contributed by atoms with van der Waals surface area (Å²) in [5.41, 5.74) is 1.96. The number of benzene rings is 3. The van der Waals surface area contributed by atoms with E-state index in [0.717, 1.165) is 22.1 Å². The second-order valence-electron chi connectivity index (χ2n) is 9.62. The number of fused-ring (bicyclic) bond motifs is 1. The van der Waals surface area contributed by atoms with Gasteiger partial charge in [0.25, 0.3) is 11.5 Å². The second kappa shape index (κ2) is 12.3. The molecule has 0 atom stereocenters. The summed E-state index contributed by atoms with van der Waals surface area (Å²) in [4.78, 5) is 53.3. The highest BCUT2D eigenvalue weighted by Crippen LogP contribution is 2.17. The molecule has 9 nitrogen and oxygen atoms in total. The minimum absolute atomic E-state index is 0.0946. The normalized spacial score (nSPS) is 11.0. The van der Waals surface area contributed by atoms with Crippen LogP contribution in [0.2, 0.25) is 0 Å². The molecule has 41 heavy (non-hydrogen) atoms. The Hall–Kier alpha value is -5.18. The van der Waals surface area contributed by atoms with E-state index >= 15 is 0 Å². The Bertz CT molecular complexity index is 1800. The van der Waals surface area contributed by atoms with Crippen molar-refractivity contribution in [3.63, 3.8) is 0 Å². The number of nitrogens with one attached hydrogen (secondary N) is 2. The molecule has 5 rings (SSSR count). The first-order valence-corrected chi connectivity index (χ1v) is 13.4. The molecule has 0 saturated heterocycles. The Balaban J connectivity index is 1.49. The monoisotopic (exact) mass is 550 g/mol. The van der Waals surface area contributed by atoms with Gasteiger partial charge in [-0.3, -0.25) is 23.5 Å². The largest absolute Gasteiger partial charge is 0.467 e. The van der Waals surface area contributed by atoms with E-state index in [1.165, 1.54) is 23.0 Å². The molecule has 208 valence electrons. The van der Waals surface area contributed by atoms with Crippen LogP contribution in [0, 0.1) is 0 Å². The van der Waals surface area contributed by atoms with Crippen molar-refractivity contribution in [2.45, 2.75) is 32.9 Å². The Morgan fingerprint density at radius 1 is 0.878 bits per heavy atom. The topological polar surface area (TPSA) is 115 Å². The molecule has 0 spiro atoms. The van der Waals surface area contributed by atoms with E-state index in [4.69, 9.17) is 4.42 Å². The lowest BCUT2D eigenvalue weighted by Gasteiger charge is -2.15. The van der Waals surface area contributed by atoms with Crippen molar-refractivity contribution in [3.05, 3.63) is 134 Å². The van der Waals surface area contributed by atoms with Gasteiger partial charge in [0.05, 0.1) is 23.7 Å². The smallest absolute Gasteiger partial charge is 0.332 e. The first kappa shape index (κ1) is 27.4. The van der Waals surface area contributed by atoms with Crippen LogP contribution in [0.1, 0.15) is 34.2 Å². The highest BCUT2D eigenvalue weighted by atomic mass is 16.3. The number of furan rings is 1. The van der Waals surface area contributed by atoms with E-state index in [1.807, 2.05) is 55.5 Å². The fourth-order valence-corrected chi connectivity index (χ4v) is 4.76. The van der Waals surface area contributed by atoms with E-state index in [0.29, 0.717) is 24.4 Å². The summed E-state index contributed by atoms with van der Waals surface area (Å²) in [7, 11) is 0. The van der Waals surface area contributed by atoms with Gasteiger partial charge in [-0.1, -0.05) is 55.5 Å². The van der Waals surface area contributed by atoms with E-state index in [1.54, 1.807) is 24.3 Å². The molecule has 0 saturated carbocycles. The number of hydrogen-bond acceptors (Lipinski definition) is 5. The average Bonchev–Trinajstić information content (AvgIpc) is 3.51. The maximum Gasteiger partial charge on any atom is 0.332 e. The van der Waals surface area contributed by atoms with Gasteiger partial charge < -0.3 is 15.1 Å². The Morgan fingerprint density at radius 2 is 1.66 bits per heavy atom. The molecular formula is C32H30N4O5. The molecular weight excluding hydrogens is 520 g/mol. The van der Waals surface area contributed by atoms with Crippen LogP contribution in [0.25, 0.3) is 10.9 Å². The molecule has 2 N–H and O–H groups in total. The molecule has 0 aliphatic heterocycles. The Morgan fingerprint density at radius 3 is 2.41 bits per heavy atom. The minimum atomic E-state index is -0.681. The molecule has 9 heteroatoms. The summed E-state index contributed by atoms with van der Waals surface area (Å²) in [6, 6.07) is 25.1. The third-order valence-electron chi connectivity index (χ3n) is 6.90. The number of para-hydroxylation sites is 1. The van der Waals surface area contributed by atoms with E-state index in [2.05, 4.69) is 10.6 Å².